The van der Waals surface area contributed by atoms with Gasteiger partial charge in [0.1, 0.15) is 12.4 Å². The first-order chi connectivity index (χ1) is 8.88. The molecule has 5 heteroatoms. The fourth-order valence-corrected chi connectivity index (χ4v) is 2.42. The molecule has 19 heavy (non-hydrogen) atoms. The van der Waals surface area contributed by atoms with Crippen LogP contribution in [0.4, 0.5) is 5.13 Å². The molecule has 0 saturated carbocycles. The molecule has 0 atom stereocenters. The minimum Gasteiger partial charge on any atom is -0.486 e. The topological polar surface area (TPSA) is 61.0 Å². The van der Waals surface area contributed by atoms with Crippen molar-refractivity contribution in [2.75, 3.05) is 5.73 Å². The molecule has 0 aliphatic heterocycles. The molecule has 2 aromatic rings. The van der Waals surface area contributed by atoms with E-state index in [0.29, 0.717) is 11.7 Å². The van der Waals surface area contributed by atoms with Gasteiger partial charge >= 0.3 is 0 Å². The molecule has 0 spiro atoms. The molecular weight excluding hydrogens is 258 g/mol. The second kappa shape index (κ2) is 5.17. The predicted molar refractivity (Wildman–Crippen MR) is 78.5 cm³/mol. The number of anilines is 1. The van der Waals surface area contributed by atoms with Gasteiger partial charge in [-0.2, -0.15) is 0 Å². The Morgan fingerprint density at radius 3 is 2.58 bits per heavy atom. The lowest BCUT2D eigenvalue weighted by Gasteiger charge is -2.23. The summed E-state index contributed by atoms with van der Waals surface area (Å²) in [5.74, 6) is 0.934. The van der Waals surface area contributed by atoms with Crippen LogP contribution in [0.1, 0.15) is 36.9 Å². The van der Waals surface area contributed by atoms with E-state index in [1.54, 1.807) is 0 Å². The van der Waals surface area contributed by atoms with E-state index in [2.05, 4.69) is 56.1 Å². The predicted octanol–water partition coefficient (Wildman–Crippen LogP) is 3.31. The van der Waals surface area contributed by atoms with E-state index < -0.39 is 0 Å². The largest absolute Gasteiger partial charge is 0.486 e. The van der Waals surface area contributed by atoms with Gasteiger partial charge < -0.3 is 10.5 Å². The highest BCUT2D eigenvalue weighted by molar-refractivity contribution is 7.15. The molecule has 0 aliphatic carbocycles. The van der Waals surface area contributed by atoms with Gasteiger partial charge in [-0.15, -0.1) is 10.2 Å². The smallest absolute Gasteiger partial charge is 0.203 e. The molecule has 0 amide bonds. The Bertz CT molecular complexity index is 572. The van der Waals surface area contributed by atoms with Gasteiger partial charge in [0.15, 0.2) is 5.01 Å². The normalized spacial score (nSPS) is 11.6. The first-order valence-electron chi connectivity index (χ1n) is 6.18. The number of aromatic nitrogens is 2. The number of benzene rings is 1. The van der Waals surface area contributed by atoms with Crippen molar-refractivity contribution in [1.82, 2.24) is 10.2 Å². The van der Waals surface area contributed by atoms with Gasteiger partial charge in [0.05, 0.1) is 0 Å². The minimum absolute atomic E-state index is 0.0432. The number of nitrogen functional groups attached to an aromatic ring is 1. The summed E-state index contributed by atoms with van der Waals surface area (Å²) in [4.78, 5) is 0. The molecule has 0 bridgehead atoms. The summed E-state index contributed by atoms with van der Waals surface area (Å²) in [6.07, 6.45) is 0. The molecule has 0 saturated heterocycles. The molecular formula is C14H19N3OS. The minimum atomic E-state index is 0.0432. The first kappa shape index (κ1) is 13.8. The maximum atomic E-state index is 5.95. The zero-order valence-corrected chi connectivity index (χ0v) is 12.5. The Labute approximate surface area is 117 Å². The lowest BCUT2D eigenvalue weighted by molar-refractivity contribution is 0.294. The molecule has 0 aliphatic rings. The number of hydrogen-bond donors (Lipinski definition) is 1. The van der Waals surface area contributed by atoms with Gasteiger partial charge in [0.2, 0.25) is 5.13 Å². The van der Waals surface area contributed by atoms with Gasteiger partial charge in [-0.05, 0) is 23.5 Å². The van der Waals surface area contributed by atoms with Crippen LogP contribution in [0.5, 0.6) is 5.75 Å². The summed E-state index contributed by atoms with van der Waals surface area (Å²) >= 11 is 1.36. The number of nitrogens with zero attached hydrogens (tertiary/aromatic N) is 2. The Kier molecular flexibility index (Phi) is 3.75. The second-order valence-electron chi connectivity index (χ2n) is 5.52. The molecule has 0 unspecified atom stereocenters. The van der Waals surface area contributed by atoms with Crippen LogP contribution in [-0.4, -0.2) is 10.2 Å². The average Bonchev–Trinajstić information content (AvgIpc) is 2.72. The van der Waals surface area contributed by atoms with Gasteiger partial charge in [0, 0.05) is 0 Å². The molecule has 4 nitrogen and oxygen atoms in total. The highest BCUT2D eigenvalue weighted by atomic mass is 32.1. The SMILES string of the molecule is Cc1cccc(C(C)(C)C)c1OCc1nnc(N)s1. The van der Waals surface area contributed by atoms with E-state index in [1.165, 1.54) is 16.9 Å². The fraction of sp³-hybridized carbons (Fsp3) is 0.429. The van der Waals surface area contributed by atoms with Gasteiger partial charge in [-0.1, -0.05) is 50.3 Å². The quantitative estimate of drug-likeness (QED) is 0.935. The zero-order chi connectivity index (χ0) is 14.0. The Balaban J connectivity index is 2.24. The highest BCUT2D eigenvalue weighted by Crippen LogP contribution is 2.34. The third kappa shape index (κ3) is 3.23. The Morgan fingerprint density at radius 1 is 1.26 bits per heavy atom. The molecule has 2 rings (SSSR count). The van der Waals surface area contributed by atoms with Crippen molar-refractivity contribution in [3.63, 3.8) is 0 Å². The number of para-hydroxylation sites is 1. The average molecular weight is 277 g/mol. The molecule has 0 radical (unpaired) electrons. The molecule has 2 N–H and O–H groups in total. The third-order valence-electron chi connectivity index (χ3n) is 2.84. The summed E-state index contributed by atoms with van der Waals surface area (Å²) in [6.45, 7) is 8.99. The van der Waals surface area contributed by atoms with Crippen LogP contribution in [0.25, 0.3) is 0 Å². The molecule has 0 fully saturated rings. The molecule has 1 aromatic carbocycles. The van der Waals surface area contributed by atoms with Crippen LogP contribution in [0.2, 0.25) is 0 Å². The van der Waals surface area contributed by atoms with Crippen LogP contribution in [0.3, 0.4) is 0 Å². The van der Waals surface area contributed by atoms with Gasteiger partial charge in [0.25, 0.3) is 0 Å². The summed E-state index contributed by atoms with van der Waals surface area (Å²) in [5, 5.41) is 9.02. The van der Waals surface area contributed by atoms with Crippen molar-refractivity contribution in [3.8, 4) is 5.75 Å². The zero-order valence-electron chi connectivity index (χ0n) is 11.7. The second-order valence-corrected chi connectivity index (χ2v) is 6.62. The number of hydrogen-bond acceptors (Lipinski definition) is 5. The highest BCUT2D eigenvalue weighted by Gasteiger charge is 2.20. The summed E-state index contributed by atoms with van der Waals surface area (Å²) in [5.41, 5.74) is 7.94. The lowest BCUT2D eigenvalue weighted by Crippen LogP contribution is -2.14. The number of rotatable bonds is 3. The maximum absolute atomic E-state index is 5.95. The van der Waals surface area contributed by atoms with E-state index in [4.69, 9.17) is 10.5 Å². The summed E-state index contributed by atoms with van der Waals surface area (Å²) in [7, 11) is 0. The summed E-state index contributed by atoms with van der Waals surface area (Å²) < 4.78 is 5.95. The number of aryl methyl sites for hydroxylation is 1. The van der Waals surface area contributed by atoms with Crippen LogP contribution in [0.15, 0.2) is 18.2 Å². The van der Waals surface area contributed by atoms with Crippen LogP contribution in [-0.2, 0) is 12.0 Å². The molecule has 102 valence electrons. The van der Waals surface area contributed by atoms with E-state index in [9.17, 15) is 0 Å². The van der Waals surface area contributed by atoms with Crippen molar-refractivity contribution in [2.24, 2.45) is 0 Å². The Hall–Kier alpha value is -1.62. The number of nitrogens with two attached hydrogens (primary N) is 1. The maximum Gasteiger partial charge on any atom is 0.203 e. The van der Waals surface area contributed by atoms with Gasteiger partial charge in [-0.25, -0.2) is 0 Å². The van der Waals surface area contributed by atoms with E-state index in [1.807, 2.05) is 0 Å². The lowest BCUT2D eigenvalue weighted by atomic mass is 9.85. The van der Waals surface area contributed by atoms with Crippen molar-refractivity contribution in [2.45, 2.75) is 39.7 Å². The van der Waals surface area contributed by atoms with Crippen molar-refractivity contribution < 1.29 is 4.74 Å². The van der Waals surface area contributed by atoms with E-state index in [-0.39, 0.29) is 5.41 Å². The summed E-state index contributed by atoms with van der Waals surface area (Å²) in [6, 6.07) is 6.22. The van der Waals surface area contributed by atoms with Crippen LogP contribution >= 0.6 is 11.3 Å². The van der Waals surface area contributed by atoms with Gasteiger partial charge in [-0.3, -0.25) is 0 Å². The van der Waals surface area contributed by atoms with E-state index >= 15 is 0 Å². The fourth-order valence-electron chi connectivity index (χ4n) is 1.89. The van der Waals surface area contributed by atoms with E-state index in [0.717, 1.165) is 16.3 Å². The van der Waals surface area contributed by atoms with Crippen molar-refractivity contribution in [1.29, 1.82) is 0 Å². The number of ether oxygens (including phenoxy) is 1. The first-order valence-corrected chi connectivity index (χ1v) is 7.00. The standard InChI is InChI=1S/C14H19N3OS/c1-9-6-5-7-10(14(2,3)4)12(9)18-8-11-16-17-13(15)19-11/h5-7H,8H2,1-4H3,(H2,15,17). The van der Waals surface area contributed by atoms with Crippen molar-refractivity contribution in [3.05, 3.63) is 34.3 Å². The molecule has 1 aromatic heterocycles. The third-order valence-corrected chi connectivity index (χ3v) is 3.57. The Morgan fingerprint density at radius 2 is 2.00 bits per heavy atom. The molecule has 1 heterocycles. The van der Waals surface area contributed by atoms with Crippen LogP contribution < -0.4 is 10.5 Å². The monoisotopic (exact) mass is 277 g/mol. The van der Waals surface area contributed by atoms with Crippen LogP contribution in [0, 0.1) is 6.92 Å². The van der Waals surface area contributed by atoms with Crippen molar-refractivity contribution >= 4 is 16.5 Å².